The molecule has 92 valence electrons. The number of nitrogens with zero attached hydrogens (tertiary/aromatic N) is 1. The van der Waals surface area contributed by atoms with Gasteiger partial charge in [-0.3, -0.25) is 4.79 Å². The third kappa shape index (κ3) is 2.13. The summed E-state index contributed by atoms with van der Waals surface area (Å²) < 4.78 is 5.21. The van der Waals surface area contributed by atoms with Crippen molar-refractivity contribution in [1.82, 2.24) is 0 Å². The number of hydrogen-bond donors (Lipinski definition) is 1. The highest BCUT2D eigenvalue weighted by molar-refractivity contribution is 5.97. The van der Waals surface area contributed by atoms with Crippen molar-refractivity contribution in [3.05, 3.63) is 23.8 Å². The fourth-order valence-electron chi connectivity index (χ4n) is 2.35. The summed E-state index contributed by atoms with van der Waals surface area (Å²) in [6.45, 7) is 0.545. The second kappa shape index (κ2) is 4.75. The van der Waals surface area contributed by atoms with Crippen LogP contribution in [0.2, 0.25) is 0 Å². The van der Waals surface area contributed by atoms with Gasteiger partial charge in [0.05, 0.1) is 7.11 Å². The third-order valence-electron chi connectivity index (χ3n) is 3.31. The van der Waals surface area contributed by atoms with Crippen LogP contribution in [0.1, 0.15) is 12.0 Å². The molecule has 0 aliphatic carbocycles. The molecule has 0 saturated carbocycles. The number of anilines is 1. The van der Waals surface area contributed by atoms with E-state index in [4.69, 9.17) is 10.5 Å². The van der Waals surface area contributed by atoms with E-state index in [1.807, 2.05) is 25.2 Å². The van der Waals surface area contributed by atoms with Crippen molar-refractivity contribution in [3.8, 4) is 5.75 Å². The minimum absolute atomic E-state index is 0.00426. The van der Waals surface area contributed by atoms with Gasteiger partial charge in [-0.2, -0.15) is 0 Å². The first-order chi connectivity index (χ1) is 8.17. The Hall–Kier alpha value is -1.55. The lowest BCUT2D eigenvalue weighted by Crippen LogP contribution is -2.39. The van der Waals surface area contributed by atoms with Gasteiger partial charge in [-0.15, -0.1) is 0 Å². The van der Waals surface area contributed by atoms with Crippen LogP contribution in [0.25, 0.3) is 0 Å². The average molecular weight is 234 g/mol. The van der Waals surface area contributed by atoms with Crippen molar-refractivity contribution in [3.63, 3.8) is 0 Å². The number of carbonyl (C=O) groups excluding carboxylic acids is 1. The zero-order valence-electron chi connectivity index (χ0n) is 10.3. The highest BCUT2D eigenvalue weighted by Gasteiger charge is 2.30. The van der Waals surface area contributed by atoms with Crippen molar-refractivity contribution in [2.75, 3.05) is 25.6 Å². The second-order valence-corrected chi connectivity index (χ2v) is 4.37. The monoisotopic (exact) mass is 234 g/mol. The molecule has 1 aliphatic rings. The Kier molecular flexibility index (Phi) is 3.33. The number of benzene rings is 1. The van der Waals surface area contributed by atoms with Crippen molar-refractivity contribution < 1.29 is 9.53 Å². The van der Waals surface area contributed by atoms with E-state index < -0.39 is 0 Å². The molecule has 2 rings (SSSR count). The Morgan fingerprint density at radius 2 is 2.29 bits per heavy atom. The fraction of sp³-hybridized carbons (Fsp3) is 0.462. The maximum Gasteiger partial charge on any atom is 0.230 e. The van der Waals surface area contributed by atoms with Crippen LogP contribution in [0.3, 0.4) is 0 Å². The van der Waals surface area contributed by atoms with Gasteiger partial charge in [-0.05, 0) is 43.1 Å². The van der Waals surface area contributed by atoms with Crippen LogP contribution >= 0.6 is 0 Å². The van der Waals surface area contributed by atoms with Gasteiger partial charge >= 0.3 is 0 Å². The molecule has 4 heteroatoms. The zero-order chi connectivity index (χ0) is 12.4. The molecule has 0 saturated heterocycles. The molecule has 0 radical (unpaired) electrons. The van der Waals surface area contributed by atoms with Crippen LogP contribution in [-0.4, -0.2) is 26.6 Å². The molecule has 17 heavy (non-hydrogen) atoms. The lowest BCUT2D eigenvalue weighted by molar-refractivity contribution is -0.122. The molecule has 1 aliphatic heterocycles. The average Bonchev–Trinajstić information content (AvgIpc) is 2.35. The minimum Gasteiger partial charge on any atom is -0.497 e. The van der Waals surface area contributed by atoms with E-state index in [9.17, 15) is 4.79 Å². The number of hydrogen-bond acceptors (Lipinski definition) is 3. The predicted molar refractivity (Wildman–Crippen MR) is 67.3 cm³/mol. The molecular weight excluding hydrogens is 216 g/mol. The Bertz CT molecular complexity index is 431. The smallest absolute Gasteiger partial charge is 0.230 e. The molecule has 0 spiro atoms. The summed E-state index contributed by atoms with van der Waals surface area (Å²) >= 11 is 0. The van der Waals surface area contributed by atoms with Crippen molar-refractivity contribution in [2.45, 2.75) is 12.8 Å². The lowest BCUT2D eigenvalue weighted by atomic mass is 9.89. The SMILES string of the molecule is COc1ccc2c(c1)CC(CCN)C(=O)N2C. The first-order valence-electron chi connectivity index (χ1n) is 5.82. The Balaban J connectivity index is 2.35. The summed E-state index contributed by atoms with van der Waals surface area (Å²) in [6, 6.07) is 5.82. The molecule has 2 N–H and O–H groups in total. The van der Waals surface area contributed by atoms with Crippen molar-refractivity contribution in [1.29, 1.82) is 0 Å². The minimum atomic E-state index is 0.00426. The molecule has 0 bridgehead atoms. The summed E-state index contributed by atoms with van der Waals surface area (Å²) in [4.78, 5) is 13.8. The van der Waals surface area contributed by atoms with Crippen molar-refractivity contribution >= 4 is 11.6 Å². The highest BCUT2D eigenvalue weighted by Crippen LogP contribution is 2.33. The topological polar surface area (TPSA) is 55.6 Å². The fourth-order valence-corrected chi connectivity index (χ4v) is 2.35. The highest BCUT2D eigenvalue weighted by atomic mass is 16.5. The normalized spacial score (nSPS) is 19.1. The van der Waals surface area contributed by atoms with Gasteiger partial charge < -0.3 is 15.4 Å². The van der Waals surface area contributed by atoms with Crippen LogP contribution < -0.4 is 15.4 Å². The summed E-state index contributed by atoms with van der Waals surface area (Å²) in [5, 5.41) is 0. The van der Waals surface area contributed by atoms with Gasteiger partial charge in [-0.25, -0.2) is 0 Å². The van der Waals surface area contributed by atoms with E-state index >= 15 is 0 Å². The maximum atomic E-state index is 12.1. The van der Waals surface area contributed by atoms with Crippen LogP contribution in [0.15, 0.2) is 18.2 Å². The summed E-state index contributed by atoms with van der Waals surface area (Å²) in [5.74, 6) is 0.996. The number of ether oxygens (including phenoxy) is 1. The summed E-state index contributed by atoms with van der Waals surface area (Å²) in [7, 11) is 3.47. The first kappa shape index (κ1) is 11.9. The molecule has 1 aromatic rings. The van der Waals surface area contributed by atoms with Gasteiger partial charge in [0.1, 0.15) is 5.75 Å². The number of rotatable bonds is 3. The molecule has 4 nitrogen and oxygen atoms in total. The zero-order valence-corrected chi connectivity index (χ0v) is 10.3. The number of carbonyl (C=O) groups is 1. The number of nitrogens with two attached hydrogens (primary N) is 1. The number of methoxy groups -OCH3 is 1. The van der Waals surface area contributed by atoms with Crippen LogP contribution in [0.4, 0.5) is 5.69 Å². The largest absolute Gasteiger partial charge is 0.497 e. The Morgan fingerprint density at radius 1 is 1.53 bits per heavy atom. The van der Waals surface area contributed by atoms with Gasteiger partial charge in [0.15, 0.2) is 0 Å². The molecule has 1 atom stereocenters. The second-order valence-electron chi connectivity index (χ2n) is 4.37. The molecule has 1 aromatic carbocycles. The van der Waals surface area contributed by atoms with Crippen LogP contribution in [-0.2, 0) is 11.2 Å². The van der Waals surface area contributed by atoms with E-state index in [1.54, 1.807) is 12.0 Å². The lowest BCUT2D eigenvalue weighted by Gasteiger charge is -2.31. The van der Waals surface area contributed by atoms with Gasteiger partial charge in [0, 0.05) is 18.7 Å². The standard InChI is InChI=1S/C13H18N2O2/c1-15-12-4-3-11(17-2)8-10(12)7-9(5-6-14)13(15)16/h3-4,8-9H,5-7,14H2,1-2H3. The summed E-state index contributed by atoms with van der Waals surface area (Å²) in [6.07, 6.45) is 1.49. The molecule has 1 unspecified atom stereocenters. The van der Waals surface area contributed by atoms with E-state index in [0.29, 0.717) is 6.54 Å². The van der Waals surface area contributed by atoms with Gasteiger partial charge in [-0.1, -0.05) is 0 Å². The van der Waals surface area contributed by atoms with E-state index in [0.717, 1.165) is 29.8 Å². The van der Waals surface area contributed by atoms with E-state index in [2.05, 4.69) is 0 Å². The maximum absolute atomic E-state index is 12.1. The van der Waals surface area contributed by atoms with Crippen molar-refractivity contribution in [2.24, 2.45) is 11.7 Å². The third-order valence-corrected chi connectivity index (χ3v) is 3.31. The van der Waals surface area contributed by atoms with Crippen LogP contribution in [0, 0.1) is 5.92 Å². The molecule has 0 aromatic heterocycles. The van der Waals surface area contributed by atoms with Gasteiger partial charge in [0.2, 0.25) is 5.91 Å². The number of amides is 1. The summed E-state index contributed by atoms with van der Waals surface area (Å²) in [5.41, 5.74) is 7.68. The van der Waals surface area contributed by atoms with E-state index in [-0.39, 0.29) is 11.8 Å². The first-order valence-corrected chi connectivity index (χ1v) is 5.82. The molecule has 0 fully saturated rings. The molecule has 1 amide bonds. The van der Waals surface area contributed by atoms with E-state index in [1.165, 1.54) is 0 Å². The Labute approximate surface area is 101 Å². The number of fused-ring (bicyclic) bond motifs is 1. The van der Waals surface area contributed by atoms with Gasteiger partial charge in [0.25, 0.3) is 0 Å². The molecular formula is C13H18N2O2. The Morgan fingerprint density at radius 3 is 2.94 bits per heavy atom. The van der Waals surface area contributed by atoms with Crippen LogP contribution in [0.5, 0.6) is 5.75 Å². The molecule has 1 heterocycles. The predicted octanol–water partition coefficient (Wildman–Crippen LogP) is 1.18. The quantitative estimate of drug-likeness (QED) is 0.854.